The van der Waals surface area contributed by atoms with Gasteiger partial charge in [-0.3, -0.25) is 4.79 Å². The lowest BCUT2D eigenvalue weighted by molar-refractivity contribution is 0.0399. The Hall–Kier alpha value is -2.87. The van der Waals surface area contributed by atoms with Crippen LogP contribution in [0.2, 0.25) is 0 Å². The highest BCUT2D eigenvalue weighted by Gasteiger charge is 2.35. The molecule has 3 atom stereocenters. The van der Waals surface area contributed by atoms with Crippen molar-refractivity contribution < 1.29 is 23.0 Å². The molecule has 5 nitrogen and oxygen atoms in total. The maximum atomic E-state index is 13.4. The van der Waals surface area contributed by atoms with E-state index in [0.29, 0.717) is 24.4 Å². The molecule has 6 rings (SSSR count). The third kappa shape index (κ3) is 6.83. The zero-order valence-electron chi connectivity index (χ0n) is 22.6. The fourth-order valence-corrected chi connectivity index (χ4v) is 6.00. The molecule has 3 aromatic carbocycles. The van der Waals surface area contributed by atoms with Crippen LogP contribution in [0.15, 0.2) is 66.7 Å². The van der Waals surface area contributed by atoms with Gasteiger partial charge in [0.25, 0.3) is 5.91 Å². The standard InChI is InChI=1S/C28H31FN2O.C4H7FO2/c1-20-17-31(28(32)27-8-4-6-23-5-2-3-7-26(23)27)19-24(20)18-30-15-13-22(14-16-30)21-9-11-25(29)12-10-21;5-1-4-2-6-3-7-4/h2-12,20,22,24H,13-19H2,1H3;4H,1-3H2. The van der Waals surface area contributed by atoms with Gasteiger partial charge in [0, 0.05) is 25.2 Å². The van der Waals surface area contributed by atoms with Crippen LogP contribution in [0.3, 0.4) is 0 Å². The molecule has 0 aliphatic carbocycles. The largest absolute Gasteiger partial charge is 0.353 e. The van der Waals surface area contributed by atoms with Gasteiger partial charge in [0.2, 0.25) is 0 Å². The van der Waals surface area contributed by atoms with Crippen molar-refractivity contribution in [3.05, 3.63) is 83.7 Å². The van der Waals surface area contributed by atoms with Crippen LogP contribution in [0.5, 0.6) is 0 Å². The zero-order valence-corrected chi connectivity index (χ0v) is 22.6. The molecule has 0 radical (unpaired) electrons. The number of likely N-dealkylation sites (tertiary alicyclic amines) is 2. The summed E-state index contributed by atoms with van der Waals surface area (Å²) >= 11 is 0. The van der Waals surface area contributed by atoms with Gasteiger partial charge < -0.3 is 19.3 Å². The Kier molecular flexibility index (Phi) is 9.22. The normalized spacial score (nSPS) is 24.1. The molecule has 1 amide bonds. The summed E-state index contributed by atoms with van der Waals surface area (Å²) < 4.78 is 34.1. The molecule has 3 aliphatic heterocycles. The molecule has 0 bridgehead atoms. The van der Waals surface area contributed by atoms with Crippen molar-refractivity contribution in [2.24, 2.45) is 11.8 Å². The van der Waals surface area contributed by atoms with Crippen molar-refractivity contribution >= 4 is 16.7 Å². The van der Waals surface area contributed by atoms with Gasteiger partial charge in [-0.1, -0.05) is 55.5 Å². The molecule has 0 spiro atoms. The van der Waals surface area contributed by atoms with Crippen molar-refractivity contribution in [3.8, 4) is 0 Å². The maximum Gasteiger partial charge on any atom is 0.254 e. The smallest absolute Gasteiger partial charge is 0.254 e. The molecule has 3 aliphatic rings. The van der Waals surface area contributed by atoms with E-state index in [-0.39, 0.29) is 24.6 Å². The summed E-state index contributed by atoms with van der Waals surface area (Å²) in [4.78, 5) is 18.0. The van der Waals surface area contributed by atoms with E-state index >= 15 is 0 Å². The van der Waals surface area contributed by atoms with Crippen LogP contribution in [0, 0.1) is 17.7 Å². The maximum absolute atomic E-state index is 13.4. The number of piperidine rings is 1. The van der Waals surface area contributed by atoms with E-state index in [4.69, 9.17) is 4.74 Å². The summed E-state index contributed by atoms with van der Waals surface area (Å²) in [7, 11) is 0. The molecule has 0 saturated carbocycles. The number of hydrogen-bond donors (Lipinski definition) is 0. The Morgan fingerprint density at radius 1 is 0.974 bits per heavy atom. The second-order valence-corrected chi connectivity index (χ2v) is 11.0. The molecule has 3 heterocycles. The number of halogens is 2. The summed E-state index contributed by atoms with van der Waals surface area (Å²) in [6, 6.07) is 21.2. The number of carbonyl (C=O) groups excluding carboxylic acids is 1. The number of benzene rings is 3. The second kappa shape index (κ2) is 13.0. The van der Waals surface area contributed by atoms with Crippen LogP contribution < -0.4 is 0 Å². The number of ether oxygens (including phenoxy) is 2. The van der Waals surface area contributed by atoms with Gasteiger partial charge in [0.1, 0.15) is 25.4 Å². The highest BCUT2D eigenvalue weighted by atomic mass is 19.1. The van der Waals surface area contributed by atoms with Crippen molar-refractivity contribution in [1.29, 1.82) is 0 Å². The molecule has 0 aromatic heterocycles. The average molecular weight is 537 g/mol. The number of fused-ring (bicyclic) bond motifs is 1. The Labute approximate surface area is 229 Å². The third-order valence-electron chi connectivity index (χ3n) is 8.36. The lowest BCUT2D eigenvalue weighted by Crippen LogP contribution is -2.38. The van der Waals surface area contributed by atoms with E-state index in [9.17, 15) is 13.6 Å². The monoisotopic (exact) mass is 536 g/mol. The number of nitrogens with zero attached hydrogens (tertiary/aromatic N) is 2. The number of amides is 1. The van der Waals surface area contributed by atoms with Crippen molar-refractivity contribution in [2.75, 3.05) is 52.8 Å². The van der Waals surface area contributed by atoms with Crippen LogP contribution in [0.1, 0.15) is 41.6 Å². The van der Waals surface area contributed by atoms with Crippen LogP contribution >= 0.6 is 0 Å². The summed E-state index contributed by atoms with van der Waals surface area (Å²) in [5, 5.41) is 2.16. The van der Waals surface area contributed by atoms with E-state index in [1.807, 2.05) is 42.5 Å². The molecule has 3 fully saturated rings. The molecule has 3 unspecified atom stereocenters. The summed E-state index contributed by atoms with van der Waals surface area (Å²) in [6.07, 6.45) is 1.94. The van der Waals surface area contributed by atoms with Gasteiger partial charge in [-0.15, -0.1) is 0 Å². The highest BCUT2D eigenvalue weighted by molar-refractivity contribution is 6.07. The van der Waals surface area contributed by atoms with E-state index in [1.54, 1.807) is 12.1 Å². The first-order chi connectivity index (χ1) is 19.0. The number of rotatable bonds is 5. The quantitative estimate of drug-likeness (QED) is 0.408. The summed E-state index contributed by atoms with van der Waals surface area (Å²) in [6.45, 7) is 7.39. The molecule has 208 valence electrons. The van der Waals surface area contributed by atoms with Gasteiger partial charge >= 0.3 is 0 Å². The molecule has 3 aromatic rings. The number of alkyl halides is 1. The zero-order chi connectivity index (χ0) is 27.2. The molecule has 0 N–H and O–H groups in total. The predicted octanol–water partition coefficient (Wildman–Crippen LogP) is 5.90. The first-order valence-corrected chi connectivity index (χ1v) is 14.0. The van der Waals surface area contributed by atoms with Crippen LogP contribution in [0.4, 0.5) is 8.78 Å². The Balaban J connectivity index is 0.000000384. The number of carbonyl (C=O) groups is 1. The molecular formula is C32H38F2N2O3. The van der Waals surface area contributed by atoms with E-state index < -0.39 is 6.67 Å². The van der Waals surface area contributed by atoms with Crippen LogP contribution in [-0.2, 0) is 9.47 Å². The average Bonchev–Trinajstić information content (AvgIpc) is 3.64. The van der Waals surface area contributed by atoms with Gasteiger partial charge in [-0.2, -0.15) is 0 Å². The van der Waals surface area contributed by atoms with Gasteiger partial charge in [0.15, 0.2) is 0 Å². The SMILES string of the molecule is CC1CN(C(=O)c2cccc3ccccc23)CC1CN1CCC(c2ccc(F)cc2)CC1.FCC1COCO1. The van der Waals surface area contributed by atoms with Crippen molar-refractivity contribution in [2.45, 2.75) is 31.8 Å². The Bertz CT molecular complexity index is 1220. The minimum atomic E-state index is -0.431. The van der Waals surface area contributed by atoms with Gasteiger partial charge in [-0.25, -0.2) is 8.78 Å². The minimum Gasteiger partial charge on any atom is -0.353 e. The molecule has 7 heteroatoms. The van der Waals surface area contributed by atoms with Crippen LogP contribution in [-0.4, -0.2) is 74.6 Å². The van der Waals surface area contributed by atoms with E-state index in [1.165, 1.54) is 5.56 Å². The molecule has 3 saturated heterocycles. The van der Waals surface area contributed by atoms with Gasteiger partial charge in [0.05, 0.1) is 6.61 Å². The minimum absolute atomic E-state index is 0.158. The van der Waals surface area contributed by atoms with Crippen LogP contribution in [0.25, 0.3) is 10.8 Å². The molecule has 39 heavy (non-hydrogen) atoms. The number of hydrogen-bond acceptors (Lipinski definition) is 4. The third-order valence-corrected chi connectivity index (χ3v) is 8.36. The van der Waals surface area contributed by atoms with Gasteiger partial charge in [-0.05, 0) is 78.2 Å². The Morgan fingerprint density at radius 2 is 1.72 bits per heavy atom. The first kappa shape index (κ1) is 27.7. The van der Waals surface area contributed by atoms with E-state index in [0.717, 1.165) is 61.9 Å². The van der Waals surface area contributed by atoms with Crippen molar-refractivity contribution in [1.82, 2.24) is 9.80 Å². The first-order valence-electron chi connectivity index (χ1n) is 14.0. The highest BCUT2D eigenvalue weighted by Crippen LogP contribution is 2.31. The fourth-order valence-electron chi connectivity index (χ4n) is 6.00. The lowest BCUT2D eigenvalue weighted by atomic mass is 9.88. The Morgan fingerprint density at radius 3 is 2.41 bits per heavy atom. The van der Waals surface area contributed by atoms with Crippen molar-refractivity contribution in [3.63, 3.8) is 0 Å². The summed E-state index contributed by atoms with van der Waals surface area (Å²) in [5.74, 6) is 1.53. The predicted molar refractivity (Wildman–Crippen MR) is 149 cm³/mol. The summed E-state index contributed by atoms with van der Waals surface area (Å²) in [5.41, 5.74) is 2.07. The molecular weight excluding hydrogens is 498 g/mol. The van der Waals surface area contributed by atoms with E-state index in [2.05, 4.69) is 33.6 Å². The topological polar surface area (TPSA) is 42.0 Å². The second-order valence-electron chi connectivity index (χ2n) is 11.0. The fraction of sp³-hybridized carbons (Fsp3) is 0.469. The lowest BCUT2D eigenvalue weighted by Gasteiger charge is -2.34.